The molecule has 6 nitrogen and oxygen atoms in total. The predicted molar refractivity (Wildman–Crippen MR) is 43.0 cm³/mol. The van der Waals surface area contributed by atoms with Crippen molar-refractivity contribution < 1.29 is 9.53 Å². The van der Waals surface area contributed by atoms with E-state index in [4.69, 9.17) is 0 Å². The van der Waals surface area contributed by atoms with E-state index >= 15 is 0 Å². The summed E-state index contributed by atoms with van der Waals surface area (Å²) in [4.78, 5) is 16.4. The van der Waals surface area contributed by atoms with Gasteiger partial charge in [-0.3, -0.25) is 0 Å². The van der Waals surface area contributed by atoms with Crippen LogP contribution in [0.15, 0.2) is 12.7 Å². The van der Waals surface area contributed by atoms with Crippen molar-refractivity contribution in [1.82, 2.24) is 19.7 Å². The lowest BCUT2D eigenvalue weighted by atomic mass is 10.1. The fourth-order valence-electron chi connectivity index (χ4n) is 1.31. The van der Waals surface area contributed by atoms with Gasteiger partial charge in [0.25, 0.3) is 0 Å². The molecular formula is C7H10N4O2. The summed E-state index contributed by atoms with van der Waals surface area (Å²) in [6.45, 7) is 1.30. The molecule has 0 aromatic carbocycles. The standard InChI is InChI=1S/C7H10N4O2/c1-13-7(12)10-2-6(3-10)11-5-8-4-9-11/h4-6H,2-3H2,1H3. The topological polar surface area (TPSA) is 60.2 Å². The monoisotopic (exact) mass is 182 g/mol. The number of amides is 1. The van der Waals surface area contributed by atoms with E-state index in [-0.39, 0.29) is 12.1 Å². The molecule has 1 amide bonds. The van der Waals surface area contributed by atoms with Crippen LogP contribution in [0.1, 0.15) is 6.04 Å². The second-order valence-electron chi connectivity index (χ2n) is 2.90. The maximum absolute atomic E-state index is 11.0. The van der Waals surface area contributed by atoms with E-state index in [1.165, 1.54) is 13.4 Å². The second-order valence-corrected chi connectivity index (χ2v) is 2.90. The second kappa shape index (κ2) is 3.04. The number of rotatable bonds is 1. The molecule has 6 heteroatoms. The minimum atomic E-state index is -0.281. The first-order chi connectivity index (χ1) is 6.31. The van der Waals surface area contributed by atoms with Crippen molar-refractivity contribution in [2.75, 3.05) is 20.2 Å². The van der Waals surface area contributed by atoms with Gasteiger partial charge in [-0.25, -0.2) is 14.5 Å². The zero-order valence-electron chi connectivity index (χ0n) is 7.25. The Kier molecular flexibility index (Phi) is 1.88. The highest BCUT2D eigenvalue weighted by Crippen LogP contribution is 2.19. The van der Waals surface area contributed by atoms with E-state index in [2.05, 4.69) is 14.8 Å². The molecule has 13 heavy (non-hydrogen) atoms. The quantitative estimate of drug-likeness (QED) is 0.608. The fraction of sp³-hybridized carbons (Fsp3) is 0.571. The van der Waals surface area contributed by atoms with Gasteiger partial charge in [-0.05, 0) is 0 Å². The Balaban J connectivity index is 1.89. The van der Waals surface area contributed by atoms with Crippen molar-refractivity contribution in [3.8, 4) is 0 Å². The van der Waals surface area contributed by atoms with E-state index in [1.54, 1.807) is 15.9 Å². The van der Waals surface area contributed by atoms with Gasteiger partial charge >= 0.3 is 6.09 Å². The third-order valence-electron chi connectivity index (χ3n) is 2.11. The van der Waals surface area contributed by atoms with E-state index in [0.717, 1.165) is 0 Å². The van der Waals surface area contributed by atoms with Gasteiger partial charge in [0.15, 0.2) is 0 Å². The molecule has 0 N–H and O–H groups in total. The normalized spacial score (nSPS) is 16.8. The Bertz CT molecular complexity index is 291. The molecular weight excluding hydrogens is 172 g/mol. The van der Waals surface area contributed by atoms with Crippen LogP contribution in [0.25, 0.3) is 0 Å². The van der Waals surface area contributed by atoms with Gasteiger partial charge < -0.3 is 9.64 Å². The predicted octanol–water partition coefficient (Wildman–Crippen LogP) is -0.0988. The largest absolute Gasteiger partial charge is 0.453 e. The average Bonchev–Trinajstić information content (AvgIpc) is 2.54. The molecule has 0 saturated carbocycles. The summed E-state index contributed by atoms with van der Waals surface area (Å²) in [5.74, 6) is 0. The van der Waals surface area contributed by atoms with Crippen molar-refractivity contribution in [2.24, 2.45) is 0 Å². The number of hydrogen-bond donors (Lipinski definition) is 0. The van der Waals surface area contributed by atoms with E-state index < -0.39 is 0 Å². The molecule has 1 aromatic rings. The zero-order valence-corrected chi connectivity index (χ0v) is 7.25. The van der Waals surface area contributed by atoms with Crippen molar-refractivity contribution in [3.63, 3.8) is 0 Å². The van der Waals surface area contributed by atoms with Crippen LogP contribution >= 0.6 is 0 Å². The lowest BCUT2D eigenvalue weighted by Crippen LogP contribution is -2.50. The van der Waals surface area contributed by atoms with E-state index in [0.29, 0.717) is 13.1 Å². The summed E-state index contributed by atoms with van der Waals surface area (Å²) < 4.78 is 6.31. The van der Waals surface area contributed by atoms with Crippen molar-refractivity contribution in [3.05, 3.63) is 12.7 Å². The number of hydrogen-bond acceptors (Lipinski definition) is 4. The molecule has 70 valence electrons. The number of carbonyl (C=O) groups is 1. The highest BCUT2D eigenvalue weighted by atomic mass is 16.5. The number of carbonyl (C=O) groups excluding carboxylic acids is 1. The Morgan fingerprint density at radius 1 is 1.62 bits per heavy atom. The molecule has 0 atom stereocenters. The minimum Gasteiger partial charge on any atom is -0.453 e. The van der Waals surface area contributed by atoms with Crippen LogP contribution in [0.4, 0.5) is 4.79 Å². The molecule has 0 unspecified atom stereocenters. The lowest BCUT2D eigenvalue weighted by molar-refractivity contribution is 0.0673. The van der Waals surface area contributed by atoms with Gasteiger partial charge in [0, 0.05) is 13.1 Å². The van der Waals surface area contributed by atoms with E-state index in [9.17, 15) is 4.79 Å². The average molecular weight is 182 g/mol. The molecule has 1 saturated heterocycles. The molecule has 0 radical (unpaired) electrons. The number of methoxy groups -OCH3 is 1. The Hall–Kier alpha value is -1.59. The first kappa shape index (κ1) is 8.03. The molecule has 1 fully saturated rings. The van der Waals surface area contributed by atoms with Crippen LogP contribution in [0.3, 0.4) is 0 Å². The maximum Gasteiger partial charge on any atom is 0.409 e. The SMILES string of the molecule is COC(=O)N1CC(n2cncn2)C1. The summed E-state index contributed by atoms with van der Waals surface area (Å²) in [6.07, 6.45) is 2.86. The third-order valence-corrected chi connectivity index (χ3v) is 2.11. The fourth-order valence-corrected chi connectivity index (χ4v) is 1.31. The maximum atomic E-state index is 11.0. The van der Waals surface area contributed by atoms with Gasteiger partial charge in [0.2, 0.25) is 0 Å². The molecule has 0 bridgehead atoms. The summed E-state index contributed by atoms with van der Waals surface area (Å²) in [5, 5.41) is 3.98. The zero-order chi connectivity index (χ0) is 9.26. The number of ether oxygens (including phenoxy) is 1. The summed E-state index contributed by atoms with van der Waals surface area (Å²) in [7, 11) is 1.38. The molecule has 2 rings (SSSR count). The molecule has 0 spiro atoms. The summed E-state index contributed by atoms with van der Waals surface area (Å²) in [5.41, 5.74) is 0. The highest BCUT2D eigenvalue weighted by Gasteiger charge is 2.32. The minimum absolute atomic E-state index is 0.251. The van der Waals surface area contributed by atoms with E-state index in [1.807, 2.05) is 0 Å². The summed E-state index contributed by atoms with van der Waals surface area (Å²) in [6, 6.07) is 0.251. The van der Waals surface area contributed by atoms with Crippen LogP contribution < -0.4 is 0 Å². The van der Waals surface area contributed by atoms with Crippen molar-refractivity contribution in [1.29, 1.82) is 0 Å². The van der Waals surface area contributed by atoms with Crippen LogP contribution in [-0.2, 0) is 4.74 Å². The van der Waals surface area contributed by atoms with Crippen LogP contribution in [0, 0.1) is 0 Å². The van der Waals surface area contributed by atoms with Gasteiger partial charge in [0.05, 0.1) is 13.2 Å². The van der Waals surface area contributed by atoms with Gasteiger partial charge in [-0.2, -0.15) is 5.10 Å². The Labute approximate surface area is 75.1 Å². The van der Waals surface area contributed by atoms with Gasteiger partial charge in [-0.15, -0.1) is 0 Å². The lowest BCUT2D eigenvalue weighted by Gasteiger charge is -2.37. The highest BCUT2D eigenvalue weighted by molar-refractivity contribution is 5.68. The van der Waals surface area contributed by atoms with Crippen LogP contribution in [0.2, 0.25) is 0 Å². The summed E-state index contributed by atoms with van der Waals surface area (Å²) >= 11 is 0. The number of likely N-dealkylation sites (tertiary alicyclic amines) is 1. The number of nitrogens with zero attached hydrogens (tertiary/aromatic N) is 4. The van der Waals surface area contributed by atoms with Crippen LogP contribution in [-0.4, -0.2) is 46.0 Å². The van der Waals surface area contributed by atoms with Gasteiger partial charge in [-0.1, -0.05) is 0 Å². The Morgan fingerprint density at radius 3 is 2.92 bits per heavy atom. The third kappa shape index (κ3) is 1.34. The molecule has 1 aliphatic rings. The van der Waals surface area contributed by atoms with Crippen molar-refractivity contribution >= 4 is 6.09 Å². The molecule has 1 aliphatic heterocycles. The first-order valence-electron chi connectivity index (χ1n) is 3.98. The Morgan fingerprint density at radius 2 is 2.38 bits per heavy atom. The molecule has 1 aromatic heterocycles. The van der Waals surface area contributed by atoms with Gasteiger partial charge in [0.1, 0.15) is 12.7 Å². The van der Waals surface area contributed by atoms with Crippen LogP contribution in [0.5, 0.6) is 0 Å². The van der Waals surface area contributed by atoms with Crippen molar-refractivity contribution in [2.45, 2.75) is 6.04 Å². The molecule has 2 heterocycles. The number of aromatic nitrogens is 3. The first-order valence-corrected chi connectivity index (χ1v) is 3.98. The smallest absolute Gasteiger partial charge is 0.409 e. The molecule has 0 aliphatic carbocycles.